The van der Waals surface area contributed by atoms with E-state index in [0.29, 0.717) is 5.69 Å². The van der Waals surface area contributed by atoms with E-state index in [1.165, 1.54) is 11.6 Å². The van der Waals surface area contributed by atoms with Gasteiger partial charge in [-0.25, -0.2) is 4.79 Å². The van der Waals surface area contributed by atoms with Crippen LogP contribution in [0.1, 0.15) is 11.3 Å². The molecule has 0 aliphatic heterocycles. The van der Waals surface area contributed by atoms with Gasteiger partial charge in [0.1, 0.15) is 0 Å². The highest BCUT2D eigenvalue weighted by Crippen LogP contribution is 2.19. The third-order valence-corrected chi connectivity index (χ3v) is 2.33. The Morgan fingerprint density at radius 2 is 2.19 bits per heavy atom. The van der Waals surface area contributed by atoms with Crippen LogP contribution in [-0.4, -0.2) is 16.1 Å². The number of pyridine rings is 1. The Hall–Kier alpha value is -2.16. The summed E-state index contributed by atoms with van der Waals surface area (Å²) in [4.78, 5) is 14.6. The molecule has 16 heavy (non-hydrogen) atoms. The number of aromatic nitrogens is 1. The number of nitrogens with zero attached hydrogens (tertiary/aromatic N) is 1. The monoisotopic (exact) mass is 213 g/mol. The lowest BCUT2D eigenvalue weighted by molar-refractivity contribution is -0.131. The number of rotatable bonds is 2. The summed E-state index contributed by atoms with van der Waals surface area (Å²) in [5.41, 5.74) is 1.85. The lowest BCUT2D eigenvalue weighted by Crippen LogP contribution is -1.88. The highest BCUT2D eigenvalue weighted by atomic mass is 16.4. The van der Waals surface area contributed by atoms with Crippen molar-refractivity contribution in [2.45, 2.75) is 6.92 Å². The first-order chi connectivity index (χ1) is 7.66. The number of hydrogen-bond acceptors (Lipinski definition) is 2. The predicted molar refractivity (Wildman–Crippen MR) is 63.1 cm³/mol. The molecular weight excluding hydrogens is 202 g/mol. The molecule has 0 aliphatic rings. The molecule has 0 aliphatic carbocycles. The van der Waals surface area contributed by atoms with Gasteiger partial charge in [-0.2, -0.15) is 0 Å². The van der Waals surface area contributed by atoms with Gasteiger partial charge in [0.05, 0.1) is 5.69 Å². The second-order valence-corrected chi connectivity index (χ2v) is 3.59. The summed E-state index contributed by atoms with van der Waals surface area (Å²) >= 11 is 0. The molecule has 0 unspecified atom stereocenters. The molecule has 0 fully saturated rings. The number of fused-ring (bicyclic) bond motifs is 1. The van der Waals surface area contributed by atoms with Crippen molar-refractivity contribution < 1.29 is 9.90 Å². The highest BCUT2D eigenvalue weighted by molar-refractivity contribution is 5.93. The summed E-state index contributed by atoms with van der Waals surface area (Å²) < 4.78 is 0. The van der Waals surface area contributed by atoms with Crippen LogP contribution in [0.4, 0.5) is 0 Å². The van der Waals surface area contributed by atoms with Gasteiger partial charge in [-0.1, -0.05) is 23.8 Å². The maximum atomic E-state index is 10.4. The number of carboxylic acid groups (broad SMARTS) is 1. The topological polar surface area (TPSA) is 50.2 Å². The van der Waals surface area contributed by atoms with Crippen LogP contribution in [0.25, 0.3) is 16.8 Å². The fourth-order valence-electron chi connectivity index (χ4n) is 1.60. The zero-order valence-corrected chi connectivity index (χ0v) is 8.84. The minimum atomic E-state index is -0.967. The lowest BCUT2D eigenvalue weighted by Gasteiger charge is -2.02. The van der Waals surface area contributed by atoms with Crippen LogP contribution in [0.2, 0.25) is 0 Å². The molecule has 0 bridgehead atoms. The van der Waals surface area contributed by atoms with Crippen molar-refractivity contribution in [3.8, 4) is 0 Å². The van der Waals surface area contributed by atoms with Crippen LogP contribution in [0.3, 0.4) is 0 Å². The van der Waals surface area contributed by atoms with Crippen molar-refractivity contribution in [1.29, 1.82) is 0 Å². The van der Waals surface area contributed by atoms with E-state index >= 15 is 0 Å². The molecule has 0 amide bonds. The van der Waals surface area contributed by atoms with Crippen molar-refractivity contribution in [2.75, 3.05) is 0 Å². The van der Waals surface area contributed by atoms with Gasteiger partial charge in [0.25, 0.3) is 0 Å². The molecule has 0 saturated carbocycles. The second-order valence-electron chi connectivity index (χ2n) is 3.59. The molecule has 2 rings (SSSR count). The fraction of sp³-hybridized carbons (Fsp3) is 0.0769. The van der Waals surface area contributed by atoms with Gasteiger partial charge in [0.2, 0.25) is 0 Å². The fourth-order valence-corrected chi connectivity index (χ4v) is 1.60. The van der Waals surface area contributed by atoms with Crippen molar-refractivity contribution in [3.63, 3.8) is 0 Å². The number of carbonyl (C=O) groups is 1. The molecule has 3 nitrogen and oxygen atoms in total. The van der Waals surface area contributed by atoms with E-state index in [2.05, 4.69) is 11.1 Å². The van der Waals surface area contributed by atoms with E-state index in [-0.39, 0.29) is 0 Å². The van der Waals surface area contributed by atoms with Gasteiger partial charge in [-0.05, 0) is 24.5 Å². The molecule has 1 aromatic heterocycles. The first kappa shape index (κ1) is 10.4. The van der Waals surface area contributed by atoms with Crippen LogP contribution in [0, 0.1) is 6.92 Å². The molecule has 2 aromatic rings. The number of aliphatic carboxylic acids is 1. The van der Waals surface area contributed by atoms with Crippen molar-refractivity contribution in [2.24, 2.45) is 0 Å². The van der Waals surface area contributed by atoms with Gasteiger partial charge in [0, 0.05) is 17.7 Å². The molecule has 0 spiro atoms. The van der Waals surface area contributed by atoms with Gasteiger partial charge in [-0.15, -0.1) is 0 Å². The normalized spacial score (nSPS) is 11.1. The Morgan fingerprint density at radius 3 is 2.94 bits per heavy atom. The average molecular weight is 213 g/mol. The lowest BCUT2D eigenvalue weighted by atomic mass is 10.1. The Morgan fingerprint density at radius 1 is 1.38 bits per heavy atom. The molecule has 0 radical (unpaired) electrons. The molecule has 80 valence electrons. The van der Waals surface area contributed by atoms with E-state index in [0.717, 1.165) is 16.8 Å². The second kappa shape index (κ2) is 4.14. The Kier molecular flexibility index (Phi) is 2.68. The molecular formula is C13H11NO2. The number of carboxylic acids is 1. The maximum absolute atomic E-state index is 10.4. The SMILES string of the molecule is Cc1ccc2c(/C=C/C(=O)O)nccc2c1. The molecule has 0 saturated heterocycles. The largest absolute Gasteiger partial charge is 0.478 e. The van der Waals surface area contributed by atoms with Crippen molar-refractivity contribution >= 4 is 22.8 Å². The third kappa shape index (κ3) is 2.08. The highest BCUT2D eigenvalue weighted by Gasteiger charge is 1.99. The standard InChI is InChI=1S/C13H11NO2/c1-9-2-3-11-10(8-9)6-7-14-12(11)4-5-13(15)16/h2-8H,1H3,(H,15,16)/b5-4+. The predicted octanol–water partition coefficient (Wildman–Crippen LogP) is 2.64. The zero-order valence-electron chi connectivity index (χ0n) is 8.84. The summed E-state index contributed by atoms with van der Waals surface area (Å²) in [5.74, 6) is -0.967. The van der Waals surface area contributed by atoms with Crippen molar-refractivity contribution in [3.05, 3.63) is 47.8 Å². The van der Waals surface area contributed by atoms with Crippen LogP contribution in [0.5, 0.6) is 0 Å². The van der Waals surface area contributed by atoms with Crippen LogP contribution >= 0.6 is 0 Å². The number of benzene rings is 1. The van der Waals surface area contributed by atoms with Gasteiger partial charge < -0.3 is 5.11 Å². The van der Waals surface area contributed by atoms with Gasteiger partial charge in [-0.3, -0.25) is 4.98 Å². The molecule has 1 aromatic carbocycles. The van der Waals surface area contributed by atoms with Gasteiger partial charge in [0.15, 0.2) is 0 Å². The first-order valence-corrected chi connectivity index (χ1v) is 4.93. The number of aryl methyl sites for hydroxylation is 1. The van der Waals surface area contributed by atoms with Crippen LogP contribution < -0.4 is 0 Å². The molecule has 0 atom stereocenters. The van der Waals surface area contributed by atoms with E-state index in [4.69, 9.17) is 5.11 Å². The maximum Gasteiger partial charge on any atom is 0.328 e. The van der Waals surface area contributed by atoms with Gasteiger partial charge >= 0.3 is 5.97 Å². The van der Waals surface area contributed by atoms with E-state index in [9.17, 15) is 4.79 Å². The minimum Gasteiger partial charge on any atom is -0.478 e. The molecule has 1 heterocycles. The third-order valence-electron chi connectivity index (χ3n) is 2.33. The summed E-state index contributed by atoms with van der Waals surface area (Å²) in [7, 11) is 0. The van der Waals surface area contributed by atoms with Crippen LogP contribution in [0.15, 0.2) is 36.5 Å². The molecule has 3 heteroatoms. The first-order valence-electron chi connectivity index (χ1n) is 4.93. The zero-order chi connectivity index (χ0) is 11.5. The Labute approximate surface area is 93.1 Å². The summed E-state index contributed by atoms with van der Waals surface area (Å²) in [6, 6.07) is 7.91. The smallest absolute Gasteiger partial charge is 0.328 e. The summed E-state index contributed by atoms with van der Waals surface area (Å²) in [5, 5.41) is 10.6. The van der Waals surface area contributed by atoms with E-state index in [1.54, 1.807) is 6.20 Å². The summed E-state index contributed by atoms with van der Waals surface area (Å²) in [6.45, 7) is 2.02. The average Bonchev–Trinajstić information content (AvgIpc) is 2.25. The number of hydrogen-bond donors (Lipinski definition) is 1. The van der Waals surface area contributed by atoms with Crippen molar-refractivity contribution in [1.82, 2.24) is 4.98 Å². The Bertz CT molecular complexity index is 573. The Balaban J connectivity index is 2.58. The van der Waals surface area contributed by atoms with Crippen LogP contribution in [-0.2, 0) is 4.79 Å². The quantitative estimate of drug-likeness (QED) is 0.780. The summed E-state index contributed by atoms with van der Waals surface area (Å²) in [6.07, 6.45) is 4.30. The minimum absolute atomic E-state index is 0.680. The van der Waals surface area contributed by atoms with E-state index < -0.39 is 5.97 Å². The van der Waals surface area contributed by atoms with E-state index in [1.807, 2.05) is 25.1 Å². The molecule has 1 N–H and O–H groups in total.